The number of fused-ring (bicyclic) bond motifs is 2. The van der Waals surface area contributed by atoms with Crippen LogP contribution in [0.25, 0.3) is 11.3 Å². The predicted octanol–water partition coefficient (Wildman–Crippen LogP) is 5.05. The molecule has 2 aliphatic rings. The normalized spacial score (nSPS) is 21.8. The van der Waals surface area contributed by atoms with Gasteiger partial charge in [-0.05, 0) is 43.4 Å². The van der Waals surface area contributed by atoms with Crippen LogP contribution in [0.15, 0.2) is 60.8 Å². The minimum absolute atomic E-state index is 0.0333. The van der Waals surface area contributed by atoms with Crippen molar-refractivity contribution in [1.29, 1.82) is 0 Å². The lowest BCUT2D eigenvalue weighted by molar-refractivity contribution is -0.154. The smallest absolute Gasteiger partial charge is 0.309 e. The number of carbonyl (C=O) groups excluding carboxylic acids is 2. The number of Topliss-reactive ketones (excluding diaryl/α,β-unsaturated/α-hetero) is 1. The van der Waals surface area contributed by atoms with E-state index in [-0.39, 0.29) is 30.3 Å². The summed E-state index contributed by atoms with van der Waals surface area (Å²) in [4.78, 5) is 25.4. The first kappa shape index (κ1) is 22.4. The van der Waals surface area contributed by atoms with E-state index >= 15 is 0 Å². The lowest BCUT2D eigenvalue weighted by Crippen LogP contribution is -2.39. The number of esters is 1. The number of ketones is 1. The number of hydrogen-bond acceptors (Lipinski definition) is 5. The molecular weight excluding hydrogens is 428 g/mol. The van der Waals surface area contributed by atoms with Crippen LogP contribution in [0.3, 0.4) is 0 Å². The van der Waals surface area contributed by atoms with E-state index in [0.29, 0.717) is 25.2 Å². The van der Waals surface area contributed by atoms with Crippen LogP contribution in [-0.2, 0) is 27.5 Å². The molecule has 2 aliphatic carbocycles. The molecule has 0 radical (unpaired) electrons. The maximum atomic E-state index is 13.0. The van der Waals surface area contributed by atoms with Crippen molar-refractivity contribution in [3.8, 4) is 17.0 Å². The van der Waals surface area contributed by atoms with Crippen LogP contribution >= 0.6 is 0 Å². The quantitative estimate of drug-likeness (QED) is 0.464. The third kappa shape index (κ3) is 4.76. The second-order valence-electron chi connectivity index (χ2n) is 9.42. The fourth-order valence-electron chi connectivity index (χ4n) is 5.37. The van der Waals surface area contributed by atoms with E-state index in [4.69, 9.17) is 14.6 Å². The molecule has 0 amide bonds. The van der Waals surface area contributed by atoms with Gasteiger partial charge in [0.2, 0.25) is 0 Å². The van der Waals surface area contributed by atoms with E-state index in [9.17, 15) is 9.59 Å². The number of nitrogens with zero attached hydrogens (tertiary/aromatic N) is 2. The third-order valence-corrected chi connectivity index (χ3v) is 7.12. The van der Waals surface area contributed by atoms with Crippen LogP contribution in [0.2, 0.25) is 0 Å². The topological polar surface area (TPSA) is 70.4 Å². The minimum atomic E-state index is -0.197. The van der Waals surface area contributed by atoms with Crippen molar-refractivity contribution in [2.75, 3.05) is 7.11 Å². The molecule has 5 rings (SSSR count). The minimum Gasteiger partial charge on any atom is -0.497 e. The van der Waals surface area contributed by atoms with Crippen molar-refractivity contribution in [3.63, 3.8) is 0 Å². The first-order valence-corrected chi connectivity index (χ1v) is 12.1. The molecule has 34 heavy (non-hydrogen) atoms. The van der Waals surface area contributed by atoms with Crippen LogP contribution in [0.5, 0.6) is 5.75 Å². The summed E-state index contributed by atoms with van der Waals surface area (Å²) in [6.07, 6.45) is 6.12. The van der Waals surface area contributed by atoms with E-state index in [1.165, 1.54) is 0 Å². The van der Waals surface area contributed by atoms with Gasteiger partial charge in [-0.1, -0.05) is 48.9 Å². The van der Waals surface area contributed by atoms with E-state index in [2.05, 4.69) is 12.1 Å². The summed E-state index contributed by atoms with van der Waals surface area (Å²) in [5.41, 5.74) is 3.68. The Morgan fingerprint density at radius 1 is 1.06 bits per heavy atom. The lowest BCUT2D eigenvalue weighted by Gasteiger charge is -2.36. The molecule has 1 heterocycles. The average Bonchev–Trinajstić information content (AvgIpc) is 3.25. The highest BCUT2D eigenvalue weighted by molar-refractivity contribution is 5.87. The number of carbonyl (C=O) groups is 2. The van der Waals surface area contributed by atoms with Crippen molar-refractivity contribution >= 4 is 11.8 Å². The number of rotatable bonds is 7. The zero-order valence-electron chi connectivity index (χ0n) is 19.5. The molecule has 2 saturated carbocycles. The molecule has 3 aromatic rings. The molecule has 0 N–H and O–H groups in total. The number of aromatic nitrogens is 2. The largest absolute Gasteiger partial charge is 0.497 e. The maximum Gasteiger partial charge on any atom is 0.309 e. The summed E-state index contributed by atoms with van der Waals surface area (Å²) in [5, 5.41) is 4.82. The van der Waals surface area contributed by atoms with E-state index in [1.54, 1.807) is 7.11 Å². The second-order valence-corrected chi connectivity index (χ2v) is 9.42. The molecule has 3 atom stereocenters. The first-order valence-electron chi connectivity index (χ1n) is 12.1. The summed E-state index contributed by atoms with van der Waals surface area (Å²) in [5.74, 6) is 0.788. The summed E-state index contributed by atoms with van der Waals surface area (Å²) in [6, 6.07) is 17.9. The highest BCUT2D eigenvalue weighted by Crippen LogP contribution is 2.40. The Morgan fingerprint density at radius 2 is 1.82 bits per heavy atom. The summed E-state index contributed by atoms with van der Waals surface area (Å²) in [7, 11) is 1.64. The maximum absolute atomic E-state index is 13.0. The molecule has 6 nitrogen and oxygen atoms in total. The van der Waals surface area contributed by atoms with Gasteiger partial charge >= 0.3 is 5.97 Å². The van der Waals surface area contributed by atoms with Gasteiger partial charge in [-0.3, -0.25) is 14.3 Å². The van der Waals surface area contributed by atoms with Crippen molar-refractivity contribution in [1.82, 2.24) is 9.78 Å². The number of benzene rings is 2. The molecule has 1 unspecified atom stereocenters. The van der Waals surface area contributed by atoms with Crippen molar-refractivity contribution < 1.29 is 19.1 Å². The molecular formula is C28H30N2O4. The summed E-state index contributed by atoms with van der Waals surface area (Å²) < 4.78 is 13.1. The third-order valence-electron chi connectivity index (χ3n) is 7.12. The predicted molar refractivity (Wildman–Crippen MR) is 128 cm³/mol. The average molecular weight is 459 g/mol. The van der Waals surface area contributed by atoms with Gasteiger partial charge in [-0.25, -0.2) is 0 Å². The Balaban J connectivity index is 1.35. The summed E-state index contributed by atoms with van der Waals surface area (Å²) in [6.45, 7) is 0.778. The second kappa shape index (κ2) is 9.84. The van der Waals surface area contributed by atoms with Crippen LogP contribution < -0.4 is 4.74 Å². The molecule has 6 heteroatoms. The van der Waals surface area contributed by atoms with Gasteiger partial charge in [0.1, 0.15) is 18.1 Å². The summed E-state index contributed by atoms with van der Waals surface area (Å²) >= 11 is 0. The Hall–Kier alpha value is -3.41. The molecule has 2 bridgehead atoms. The van der Waals surface area contributed by atoms with Crippen LogP contribution in [0.4, 0.5) is 0 Å². The first-order chi connectivity index (χ1) is 16.6. The van der Waals surface area contributed by atoms with E-state index in [1.807, 2.05) is 53.3 Å². The number of methoxy groups -OCH3 is 1. The number of hydrogen-bond donors (Lipinski definition) is 0. The van der Waals surface area contributed by atoms with Gasteiger partial charge in [-0.15, -0.1) is 0 Å². The molecule has 0 spiro atoms. The molecule has 2 fully saturated rings. The highest BCUT2D eigenvalue weighted by Gasteiger charge is 2.41. The Labute approximate surface area is 199 Å². The van der Waals surface area contributed by atoms with E-state index < -0.39 is 0 Å². The Kier molecular flexibility index (Phi) is 6.48. The zero-order chi connectivity index (χ0) is 23.5. The molecule has 0 saturated heterocycles. The SMILES string of the molecule is COc1cccc(-c2nn(Cc3ccccc3)cc2COC(=O)C2C[C@H]3CCC[C@@H](C2)C3=O)c1. The van der Waals surface area contributed by atoms with Gasteiger partial charge in [0.05, 0.1) is 25.3 Å². The van der Waals surface area contributed by atoms with Crippen molar-refractivity contribution in [2.45, 2.75) is 45.3 Å². The van der Waals surface area contributed by atoms with Gasteiger partial charge in [0, 0.05) is 29.2 Å². The van der Waals surface area contributed by atoms with Gasteiger partial charge in [-0.2, -0.15) is 5.10 Å². The van der Waals surface area contributed by atoms with Crippen molar-refractivity contribution in [2.24, 2.45) is 17.8 Å². The lowest BCUT2D eigenvalue weighted by atomic mass is 9.67. The van der Waals surface area contributed by atoms with Crippen LogP contribution in [0.1, 0.15) is 43.2 Å². The highest BCUT2D eigenvalue weighted by atomic mass is 16.5. The number of ether oxygens (including phenoxy) is 2. The van der Waals surface area contributed by atoms with Crippen LogP contribution in [-0.4, -0.2) is 28.6 Å². The molecule has 2 aromatic carbocycles. The molecule has 1 aromatic heterocycles. The molecule has 176 valence electrons. The fourth-order valence-corrected chi connectivity index (χ4v) is 5.37. The monoisotopic (exact) mass is 458 g/mol. The van der Waals surface area contributed by atoms with Gasteiger partial charge in [0.25, 0.3) is 0 Å². The Bertz CT molecular complexity index is 1150. The van der Waals surface area contributed by atoms with E-state index in [0.717, 1.165) is 47.4 Å². The Morgan fingerprint density at radius 3 is 2.56 bits per heavy atom. The zero-order valence-corrected chi connectivity index (χ0v) is 19.5. The van der Waals surface area contributed by atoms with Gasteiger partial charge < -0.3 is 9.47 Å². The molecule has 0 aliphatic heterocycles. The van der Waals surface area contributed by atoms with Crippen LogP contribution in [0, 0.1) is 17.8 Å². The standard InChI is InChI=1S/C28H30N2O4/c1-33-25-12-6-9-20(15-25)26-24(17-30(29-26)16-19-7-3-2-4-8-19)18-34-28(32)23-13-21-10-5-11-22(14-23)27(21)31/h2-4,6-9,12,15,17,21-23H,5,10-11,13-14,16,18H2,1H3/t21-,22+,23?. The van der Waals surface area contributed by atoms with Crippen molar-refractivity contribution in [3.05, 3.63) is 71.9 Å². The van der Waals surface area contributed by atoms with Gasteiger partial charge in [0.15, 0.2) is 0 Å². The fraction of sp³-hybridized carbons (Fsp3) is 0.393.